The van der Waals surface area contributed by atoms with Gasteiger partial charge in [0, 0.05) is 11.5 Å². The summed E-state index contributed by atoms with van der Waals surface area (Å²) in [6.45, 7) is 25.9. The summed E-state index contributed by atoms with van der Waals surface area (Å²) in [5.41, 5.74) is 7.66. The van der Waals surface area contributed by atoms with Gasteiger partial charge in [-0.2, -0.15) is 0 Å². The molecule has 4 nitrogen and oxygen atoms in total. The van der Waals surface area contributed by atoms with Gasteiger partial charge in [-0.3, -0.25) is 0 Å². The lowest BCUT2D eigenvalue weighted by atomic mass is 10.2. The summed E-state index contributed by atoms with van der Waals surface area (Å²) in [6.07, 6.45) is 0.935. The molecule has 0 saturated heterocycles. The third-order valence-electron chi connectivity index (χ3n) is 4.51. The zero-order valence-electron chi connectivity index (χ0n) is 16.2. The Labute approximate surface area is 134 Å². The maximum absolute atomic E-state index is 7.66. The molecule has 0 aromatic rings. The van der Waals surface area contributed by atoms with E-state index in [-0.39, 0.29) is 0 Å². The van der Waals surface area contributed by atoms with Crippen molar-refractivity contribution >= 4 is 16.6 Å². The summed E-state index contributed by atoms with van der Waals surface area (Å²) in [6, 6.07) is 0. The van der Waals surface area contributed by atoms with Gasteiger partial charge in [-0.1, -0.05) is 60.0 Å². The summed E-state index contributed by atoms with van der Waals surface area (Å²) < 4.78 is 6.63. The van der Waals surface area contributed by atoms with Gasteiger partial charge in [0.25, 0.3) is 0 Å². The van der Waals surface area contributed by atoms with E-state index in [0.29, 0.717) is 16.6 Å². The maximum Gasteiger partial charge on any atom is 0.178 e. The van der Waals surface area contributed by atoms with Gasteiger partial charge in [-0.05, 0) is 41.8 Å². The minimum Gasteiger partial charge on any atom is -0.455 e. The third-order valence-corrected chi connectivity index (χ3v) is 15.8. The topological polar surface area (TPSA) is 58.0 Å². The van der Waals surface area contributed by atoms with E-state index in [4.69, 9.17) is 9.65 Å². The molecule has 0 saturated carbocycles. The molecule has 0 aromatic carbocycles. The van der Waals surface area contributed by atoms with Gasteiger partial charge in [0.15, 0.2) is 16.6 Å². The largest absolute Gasteiger partial charge is 0.455 e. The molecule has 0 radical (unpaired) electrons. The van der Waals surface area contributed by atoms with Gasteiger partial charge >= 0.3 is 0 Å². The highest BCUT2D eigenvalue weighted by Gasteiger charge is 2.46. The Balaban J connectivity index is 0. The van der Waals surface area contributed by atoms with E-state index in [0.717, 1.165) is 6.42 Å². The van der Waals surface area contributed by atoms with Gasteiger partial charge in [-0.15, -0.1) is 0 Å². The van der Waals surface area contributed by atoms with E-state index in [1.807, 2.05) is 6.92 Å². The molecular formula is C15H37N3OSi2. The molecule has 0 aliphatic carbocycles. The number of hydrogen-bond donors (Lipinski definition) is 0. The minimum absolute atomic E-state index is 0.322. The molecule has 0 bridgehead atoms. The van der Waals surface area contributed by atoms with E-state index in [1.165, 1.54) is 0 Å². The van der Waals surface area contributed by atoms with Crippen molar-refractivity contribution in [3.63, 3.8) is 0 Å². The van der Waals surface area contributed by atoms with Crippen LogP contribution in [0.15, 0.2) is 5.11 Å². The van der Waals surface area contributed by atoms with Crippen molar-refractivity contribution in [3.05, 3.63) is 10.4 Å². The summed E-state index contributed by atoms with van der Waals surface area (Å²) in [4.78, 5) is 2.55. The summed E-state index contributed by atoms with van der Waals surface area (Å²) in [7, 11) is -3.18. The van der Waals surface area contributed by atoms with Crippen LogP contribution in [0.2, 0.25) is 36.3 Å². The van der Waals surface area contributed by atoms with Crippen LogP contribution >= 0.6 is 0 Å². The van der Waals surface area contributed by atoms with Crippen LogP contribution in [-0.2, 0) is 4.12 Å². The predicted octanol–water partition coefficient (Wildman–Crippen LogP) is 6.72. The Morgan fingerprint density at radius 2 is 1.24 bits per heavy atom. The highest BCUT2D eigenvalue weighted by molar-refractivity contribution is 6.87. The van der Waals surface area contributed by atoms with Crippen molar-refractivity contribution in [2.24, 2.45) is 5.11 Å². The third kappa shape index (κ3) is 8.66. The van der Waals surface area contributed by atoms with Crippen LogP contribution in [0.1, 0.15) is 54.9 Å². The number of azide groups is 1. The van der Waals surface area contributed by atoms with Crippen molar-refractivity contribution < 1.29 is 4.12 Å². The molecule has 0 atom stereocenters. The van der Waals surface area contributed by atoms with E-state index in [1.54, 1.807) is 0 Å². The van der Waals surface area contributed by atoms with Crippen LogP contribution < -0.4 is 0 Å². The monoisotopic (exact) mass is 331 g/mol. The molecule has 21 heavy (non-hydrogen) atoms. The molecule has 0 aliphatic heterocycles. The average molecular weight is 332 g/mol. The number of rotatable bonds is 4. The Bertz CT molecular complexity index is 325. The van der Waals surface area contributed by atoms with Crippen LogP contribution in [0, 0.1) is 0 Å². The smallest absolute Gasteiger partial charge is 0.178 e. The van der Waals surface area contributed by atoms with E-state index < -0.39 is 16.6 Å². The van der Waals surface area contributed by atoms with Gasteiger partial charge in [0.2, 0.25) is 0 Å². The van der Waals surface area contributed by atoms with Crippen LogP contribution in [0.4, 0.5) is 0 Å². The Hall–Kier alpha value is -0.296. The highest BCUT2D eigenvalue weighted by atomic mass is 28.4. The first kappa shape index (κ1) is 23.0. The molecule has 0 fully saturated rings. The van der Waals surface area contributed by atoms with Crippen molar-refractivity contribution in [1.29, 1.82) is 0 Å². The van der Waals surface area contributed by atoms with Crippen LogP contribution in [0.3, 0.4) is 0 Å². The van der Waals surface area contributed by atoms with E-state index in [9.17, 15) is 0 Å². The normalized spacial score (nSPS) is 13.1. The second-order valence-electron chi connectivity index (χ2n) is 8.58. The minimum atomic E-state index is -1.59. The lowest BCUT2D eigenvalue weighted by Gasteiger charge is -2.47. The number of nitrogens with zero attached hydrogens (tertiary/aromatic N) is 3. The molecule has 0 N–H and O–H groups in total. The predicted molar refractivity (Wildman–Crippen MR) is 99.8 cm³/mol. The van der Waals surface area contributed by atoms with Crippen molar-refractivity contribution in [3.8, 4) is 0 Å². The molecule has 0 aliphatic rings. The number of hydrogen-bond acceptors (Lipinski definition) is 2. The van der Waals surface area contributed by atoms with Crippen LogP contribution in [0.5, 0.6) is 0 Å². The fourth-order valence-corrected chi connectivity index (χ4v) is 8.64. The van der Waals surface area contributed by atoms with Gasteiger partial charge in [0.1, 0.15) is 0 Å². The van der Waals surface area contributed by atoms with Gasteiger partial charge < -0.3 is 4.12 Å². The second-order valence-corrected chi connectivity index (χ2v) is 18.4. The van der Waals surface area contributed by atoms with E-state index in [2.05, 4.69) is 77.8 Å². The van der Waals surface area contributed by atoms with Crippen molar-refractivity contribution in [2.45, 2.75) is 91.2 Å². The van der Waals surface area contributed by atoms with Crippen LogP contribution in [-0.4, -0.2) is 23.2 Å². The molecule has 0 spiro atoms. The Morgan fingerprint density at radius 1 is 0.905 bits per heavy atom. The first-order valence-corrected chi connectivity index (χ1v) is 13.6. The second kappa shape index (κ2) is 8.37. The SMILES string of the molecule is CC(C)(C)[Si](C)(C)O[Si](C)(C)C(C)(C)C.CCCN=[N+]=[N-]. The molecule has 0 heterocycles. The first-order chi connectivity index (χ1) is 9.12. The summed E-state index contributed by atoms with van der Waals surface area (Å²) in [5, 5.41) is 3.91. The zero-order chi connectivity index (χ0) is 17.5. The molecule has 0 aromatic heterocycles. The molecule has 0 rings (SSSR count). The molecule has 126 valence electrons. The lowest BCUT2D eigenvalue weighted by Crippen LogP contribution is -2.53. The lowest BCUT2D eigenvalue weighted by molar-refractivity contribution is 0.449. The van der Waals surface area contributed by atoms with Crippen molar-refractivity contribution in [2.75, 3.05) is 6.54 Å². The van der Waals surface area contributed by atoms with Gasteiger partial charge in [0.05, 0.1) is 0 Å². The molecule has 6 heteroatoms. The fraction of sp³-hybridized carbons (Fsp3) is 1.00. The molecule has 0 amide bonds. The van der Waals surface area contributed by atoms with Gasteiger partial charge in [-0.25, -0.2) is 0 Å². The quantitative estimate of drug-likeness (QED) is 0.244. The molecule has 0 unspecified atom stereocenters. The zero-order valence-corrected chi connectivity index (χ0v) is 18.2. The van der Waals surface area contributed by atoms with Crippen molar-refractivity contribution in [1.82, 2.24) is 0 Å². The van der Waals surface area contributed by atoms with E-state index >= 15 is 0 Å². The summed E-state index contributed by atoms with van der Waals surface area (Å²) in [5.74, 6) is 0. The average Bonchev–Trinajstić information content (AvgIpc) is 2.22. The van der Waals surface area contributed by atoms with Crippen LogP contribution in [0.25, 0.3) is 10.4 Å². The fourth-order valence-electron chi connectivity index (χ4n) is 1.09. The maximum atomic E-state index is 7.66. The standard InChI is InChI=1S/C12H30OSi2.C3H7N3/c1-11(2,3)14(7,8)13-15(9,10)12(4,5)6;1-2-3-5-6-4/h1-10H3;2-3H2,1H3. The summed E-state index contributed by atoms with van der Waals surface area (Å²) >= 11 is 0. The Morgan fingerprint density at radius 3 is 1.38 bits per heavy atom. The molecular weight excluding hydrogens is 294 g/mol. The first-order valence-electron chi connectivity index (χ1n) is 7.83. The highest BCUT2D eigenvalue weighted by Crippen LogP contribution is 2.44. The Kier molecular flexibility index (Phi) is 9.15.